The van der Waals surface area contributed by atoms with Gasteiger partial charge in [0.05, 0.1) is 6.10 Å². The van der Waals surface area contributed by atoms with E-state index >= 15 is 0 Å². The average molecular weight is 341 g/mol. The molecule has 3 amide bonds. The zero-order chi connectivity index (χ0) is 15.5. The van der Waals surface area contributed by atoms with Crippen LogP contribution in [0.25, 0.3) is 0 Å². The Balaban J connectivity index is 0.00000192. The number of nitrogens with one attached hydrogen (secondary N) is 2. The number of halogens is 1. The Hall–Kier alpha value is -1.83. The molecule has 2 aliphatic heterocycles. The highest BCUT2D eigenvalue weighted by Crippen LogP contribution is 2.23. The van der Waals surface area contributed by atoms with Crippen molar-refractivity contribution in [1.82, 2.24) is 5.32 Å². The number of urea groups is 1. The predicted molar refractivity (Wildman–Crippen MR) is 90.0 cm³/mol. The van der Waals surface area contributed by atoms with Crippen molar-refractivity contribution in [3.8, 4) is 0 Å². The average Bonchev–Trinajstić information content (AvgIpc) is 3.16. The summed E-state index contributed by atoms with van der Waals surface area (Å²) in [5, 5.41) is 5.60. The summed E-state index contributed by atoms with van der Waals surface area (Å²) in [6.07, 6.45) is 1.01. The quantitative estimate of drug-likeness (QED) is 0.764. The second-order valence-corrected chi connectivity index (χ2v) is 5.48. The van der Waals surface area contributed by atoms with Gasteiger partial charge in [-0.3, -0.25) is 9.69 Å². The summed E-state index contributed by atoms with van der Waals surface area (Å²) in [5.74, 6) is -0.168. The number of nitrogens with two attached hydrogens (primary N) is 1. The molecule has 1 aromatic rings. The molecule has 7 nitrogen and oxygen atoms in total. The van der Waals surface area contributed by atoms with E-state index < -0.39 is 6.10 Å². The number of hydrogen-bond donors (Lipinski definition) is 3. The molecule has 23 heavy (non-hydrogen) atoms. The lowest BCUT2D eigenvalue weighted by molar-refractivity contribution is -0.126. The molecule has 2 atom stereocenters. The Kier molecular flexibility index (Phi) is 5.81. The van der Waals surface area contributed by atoms with Crippen LogP contribution >= 0.6 is 12.4 Å². The molecule has 0 aromatic heterocycles. The zero-order valence-corrected chi connectivity index (χ0v) is 13.5. The molecule has 0 unspecified atom stereocenters. The highest BCUT2D eigenvalue weighted by atomic mass is 35.5. The second-order valence-electron chi connectivity index (χ2n) is 5.48. The van der Waals surface area contributed by atoms with Gasteiger partial charge in [0, 0.05) is 31.0 Å². The van der Waals surface area contributed by atoms with E-state index in [0.29, 0.717) is 31.7 Å². The monoisotopic (exact) mass is 340 g/mol. The van der Waals surface area contributed by atoms with Crippen LogP contribution in [0.2, 0.25) is 0 Å². The molecule has 0 bridgehead atoms. The van der Waals surface area contributed by atoms with Gasteiger partial charge in [-0.25, -0.2) is 4.79 Å². The van der Waals surface area contributed by atoms with Gasteiger partial charge in [0.25, 0.3) is 5.91 Å². The number of rotatable bonds is 4. The first-order valence-corrected chi connectivity index (χ1v) is 7.49. The molecule has 2 aliphatic rings. The normalized spacial score (nSPS) is 23.3. The van der Waals surface area contributed by atoms with Gasteiger partial charge in [-0.15, -0.1) is 12.4 Å². The zero-order valence-electron chi connectivity index (χ0n) is 12.7. The molecule has 8 heteroatoms. The second kappa shape index (κ2) is 7.63. The molecule has 2 fully saturated rings. The third-order valence-electron chi connectivity index (χ3n) is 3.95. The number of amides is 3. The number of carbonyl (C=O) groups excluding carboxylic acids is 2. The van der Waals surface area contributed by atoms with Gasteiger partial charge in [-0.05, 0) is 31.0 Å². The minimum absolute atomic E-state index is 0. The van der Waals surface area contributed by atoms with Gasteiger partial charge < -0.3 is 21.1 Å². The van der Waals surface area contributed by atoms with Crippen molar-refractivity contribution in [3.05, 3.63) is 24.3 Å². The van der Waals surface area contributed by atoms with Crippen molar-refractivity contribution in [2.45, 2.75) is 25.0 Å². The van der Waals surface area contributed by atoms with E-state index in [1.54, 1.807) is 17.0 Å². The van der Waals surface area contributed by atoms with Gasteiger partial charge in [0.1, 0.15) is 6.10 Å². The third kappa shape index (κ3) is 3.93. The summed E-state index contributed by atoms with van der Waals surface area (Å²) in [4.78, 5) is 25.5. The van der Waals surface area contributed by atoms with Crippen molar-refractivity contribution < 1.29 is 14.3 Å². The van der Waals surface area contributed by atoms with Crippen molar-refractivity contribution in [2.24, 2.45) is 5.73 Å². The fourth-order valence-electron chi connectivity index (χ4n) is 2.76. The summed E-state index contributed by atoms with van der Waals surface area (Å²) in [6, 6.07) is 7.13. The molecule has 0 spiro atoms. The number of carbonyl (C=O) groups is 2. The van der Waals surface area contributed by atoms with Crippen LogP contribution in [0.4, 0.5) is 16.2 Å². The fraction of sp³-hybridized carbons (Fsp3) is 0.467. The lowest BCUT2D eigenvalue weighted by Gasteiger charge is -2.16. The number of nitrogens with zero attached hydrogens (tertiary/aromatic N) is 1. The van der Waals surface area contributed by atoms with Gasteiger partial charge in [0.15, 0.2) is 0 Å². The SMILES string of the molecule is Cl.NC[C@H]1CC[C@@H](C(=O)Nc2cccc(N3CCNC3=O)c2)O1. The lowest BCUT2D eigenvalue weighted by Crippen LogP contribution is -2.30. The Morgan fingerprint density at radius 3 is 2.91 bits per heavy atom. The molecule has 3 rings (SSSR count). The van der Waals surface area contributed by atoms with Gasteiger partial charge >= 0.3 is 6.03 Å². The topological polar surface area (TPSA) is 96.7 Å². The Bertz CT molecular complexity index is 584. The summed E-state index contributed by atoms with van der Waals surface area (Å²) in [7, 11) is 0. The molecule has 4 N–H and O–H groups in total. The number of hydrogen-bond acceptors (Lipinski definition) is 4. The lowest BCUT2D eigenvalue weighted by atomic mass is 10.2. The standard InChI is InChI=1S/C15H20N4O3.ClH/c16-9-12-4-5-13(22-12)14(20)18-10-2-1-3-11(8-10)19-7-6-17-15(19)21;/h1-3,8,12-13H,4-7,9,16H2,(H,17,21)(H,18,20);1H/t12-,13+;/m1./s1. The first-order valence-electron chi connectivity index (χ1n) is 7.49. The molecule has 2 heterocycles. The van der Waals surface area contributed by atoms with Crippen molar-refractivity contribution in [3.63, 3.8) is 0 Å². The molecule has 1 aromatic carbocycles. The Labute approximate surface area is 140 Å². The minimum Gasteiger partial charge on any atom is -0.364 e. The molecular weight excluding hydrogens is 320 g/mol. The molecule has 2 saturated heterocycles. The van der Waals surface area contributed by atoms with Gasteiger partial charge in [0.2, 0.25) is 0 Å². The van der Waals surface area contributed by atoms with Gasteiger partial charge in [-0.1, -0.05) is 6.07 Å². The largest absolute Gasteiger partial charge is 0.364 e. The predicted octanol–water partition coefficient (Wildman–Crippen LogP) is 1.08. The van der Waals surface area contributed by atoms with E-state index in [9.17, 15) is 9.59 Å². The van der Waals surface area contributed by atoms with Gasteiger partial charge in [-0.2, -0.15) is 0 Å². The van der Waals surface area contributed by atoms with Crippen LogP contribution in [0.3, 0.4) is 0 Å². The summed E-state index contributed by atoms with van der Waals surface area (Å²) in [5.41, 5.74) is 6.97. The van der Waals surface area contributed by atoms with E-state index in [0.717, 1.165) is 12.1 Å². The van der Waals surface area contributed by atoms with Crippen LogP contribution in [0.5, 0.6) is 0 Å². The van der Waals surface area contributed by atoms with E-state index in [1.807, 2.05) is 12.1 Å². The third-order valence-corrected chi connectivity index (χ3v) is 3.95. The number of ether oxygens (including phenoxy) is 1. The van der Waals surface area contributed by atoms with E-state index in [4.69, 9.17) is 10.5 Å². The first kappa shape index (κ1) is 17.5. The summed E-state index contributed by atoms with van der Waals surface area (Å²) in [6.45, 7) is 1.69. The van der Waals surface area contributed by atoms with Crippen LogP contribution in [0.1, 0.15) is 12.8 Å². The maximum absolute atomic E-state index is 12.2. The highest BCUT2D eigenvalue weighted by molar-refractivity contribution is 5.97. The van der Waals surface area contributed by atoms with Crippen molar-refractivity contribution in [1.29, 1.82) is 0 Å². The summed E-state index contributed by atoms with van der Waals surface area (Å²) >= 11 is 0. The maximum Gasteiger partial charge on any atom is 0.321 e. The Morgan fingerprint density at radius 1 is 1.43 bits per heavy atom. The number of anilines is 2. The fourth-order valence-corrected chi connectivity index (χ4v) is 2.76. The van der Waals surface area contributed by atoms with E-state index in [1.165, 1.54) is 0 Å². The summed E-state index contributed by atoms with van der Waals surface area (Å²) < 4.78 is 5.58. The minimum atomic E-state index is -0.452. The molecular formula is C15H21ClN4O3. The number of benzene rings is 1. The van der Waals surface area contributed by atoms with Crippen LogP contribution < -0.4 is 21.3 Å². The highest BCUT2D eigenvalue weighted by Gasteiger charge is 2.30. The van der Waals surface area contributed by atoms with Crippen molar-refractivity contribution in [2.75, 3.05) is 29.9 Å². The van der Waals surface area contributed by atoms with Crippen LogP contribution in [0, 0.1) is 0 Å². The smallest absolute Gasteiger partial charge is 0.321 e. The van der Waals surface area contributed by atoms with Crippen LogP contribution in [0.15, 0.2) is 24.3 Å². The molecule has 0 aliphatic carbocycles. The van der Waals surface area contributed by atoms with Crippen LogP contribution in [-0.4, -0.2) is 43.8 Å². The first-order chi connectivity index (χ1) is 10.7. The van der Waals surface area contributed by atoms with Crippen LogP contribution in [-0.2, 0) is 9.53 Å². The van der Waals surface area contributed by atoms with E-state index in [2.05, 4.69) is 10.6 Å². The molecule has 126 valence electrons. The van der Waals surface area contributed by atoms with E-state index in [-0.39, 0.29) is 30.4 Å². The molecule has 0 radical (unpaired) electrons. The van der Waals surface area contributed by atoms with Crippen molar-refractivity contribution >= 4 is 35.7 Å². The molecule has 0 saturated carbocycles. The Morgan fingerprint density at radius 2 is 2.26 bits per heavy atom. The maximum atomic E-state index is 12.2.